The van der Waals surface area contributed by atoms with Crippen molar-refractivity contribution in [2.24, 2.45) is 0 Å². The van der Waals surface area contributed by atoms with Gasteiger partial charge < -0.3 is 28.8 Å². The van der Waals surface area contributed by atoms with Crippen LogP contribution in [0.2, 0.25) is 0 Å². The minimum absolute atomic E-state index is 0.000344. The van der Waals surface area contributed by atoms with Gasteiger partial charge in [0, 0.05) is 6.42 Å². The summed E-state index contributed by atoms with van der Waals surface area (Å²) in [4.78, 5) is 25.5. The predicted octanol–water partition coefficient (Wildman–Crippen LogP) is 17.0. The average Bonchev–Trinajstić information content (AvgIpc) is 3.29. The van der Waals surface area contributed by atoms with Crippen molar-refractivity contribution in [3.05, 3.63) is 24.3 Å². The molecule has 3 unspecified atom stereocenters. The highest BCUT2D eigenvalue weighted by atomic mass is 31.2. The van der Waals surface area contributed by atoms with Gasteiger partial charge in [0.15, 0.2) is 0 Å². The van der Waals surface area contributed by atoms with Crippen molar-refractivity contribution in [2.75, 3.05) is 40.9 Å². The molecule has 3 atom stereocenters. The van der Waals surface area contributed by atoms with E-state index < -0.39 is 20.0 Å². The van der Waals surface area contributed by atoms with E-state index >= 15 is 0 Å². The summed E-state index contributed by atoms with van der Waals surface area (Å²) in [5.74, 6) is -0.195. The number of likely N-dealkylation sites (N-methyl/N-ethyl adjacent to an activating group) is 1. The highest BCUT2D eigenvalue weighted by molar-refractivity contribution is 7.45. The third-order valence-electron chi connectivity index (χ3n) is 13.4. The lowest BCUT2D eigenvalue weighted by Crippen LogP contribution is -2.45. The first-order valence-corrected chi connectivity index (χ1v) is 30.7. The van der Waals surface area contributed by atoms with Gasteiger partial charge in [-0.2, -0.15) is 0 Å². The first kappa shape index (κ1) is 66.0. The number of phosphoric acid groups is 1. The maximum absolute atomic E-state index is 13.0. The van der Waals surface area contributed by atoms with Gasteiger partial charge in [0.1, 0.15) is 13.2 Å². The molecule has 0 aromatic carbocycles. The van der Waals surface area contributed by atoms with E-state index in [4.69, 9.17) is 9.05 Å². The van der Waals surface area contributed by atoms with Crippen LogP contribution in [0.5, 0.6) is 0 Å². The first-order chi connectivity index (χ1) is 32.5. The number of unbranched alkanes of at least 4 members (excludes halogenated alkanes) is 39. The first-order valence-electron chi connectivity index (χ1n) is 29.2. The Morgan fingerprint density at radius 3 is 1.16 bits per heavy atom. The van der Waals surface area contributed by atoms with E-state index in [0.29, 0.717) is 17.4 Å². The average molecular weight is 968 g/mol. The number of aliphatic hydroxyl groups excluding tert-OH is 1. The summed E-state index contributed by atoms with van der Waals surface area (Å²) in [5, 5.41) is 13.9. The van der Waals surface area contributed by atoms with Crippen LogP contribution in [0.15, 0.2) is 24.3 Å². The van der Waals surface area contributed by atoms with E-state index in [1.807, 2.05) is 27.2 Å². The van der Waals surface area contributed by atoms with E-state index in [0.717, 1.165) is 38.5 Å². The van der Waals surface area contributed by atoms with Crippen LogP contribution in [0.1, 0.15) is 290 Å². The molecule has 0 radical (unpaired) electrons. The number of allylic oxidation sites excluding steroid dienone is 3. The van der Waals surface area contributed by atoms with Crippen LogP contribution >= 0.6 is 7.82 Å². The van der Waals surface area contributed by atoms with Gasteiger partial charge in [0.05, 0.1) is 39.9 Å². The lowest BCUT2D eigenvalue weighted by Gasteiger charge is -2.29. The van der Waals surface area contributed by atoms with E-state index in [2.05, 4.69) is 31.3 Å². The Morgan fingerprint density at radius 2 is 0.821 bits per heavy atom. The van der Waals surface area contributed by atoms with Crippen molar-refractivity contribution in [1.29, 1.82) is 0 Å². The number of amides is 1. The van der Waals surface area contributed by atoms with Crippen LogP contribution in [0.25, 0.3) is 0 Å². The van der Waals surface area contributed by atoms with E-state index in [1.165, 1.54) is 231 Å². The van der Waals surface area contributed by atoms with Gasteiger partial charge in [-0.1, -0.05) is 263 Å². The van der Waals surface area contributed by atoms with Crippen molar-refractivity contribution in [1.82, 2.24) is 5.32 Å². The van der Waals surface area contributed by atoms with Crippen LogP contribution < -0.4 is 10.2 Å². The third kappa shape index (κ3) is 52.6. The Kier molecular flexibility index (Phi) is 49.2. The van der Waals surface area contributed by atoms with Crippen LogP contribution in [-0.4, -0.2) is 68.5 Å². The van der Waals surface area contributed by atoms with Gasteiger partial charge in [0.2, 0.25) is 5.91 Å². The summed E-state index contributed by atoms with van der Waals surface area (Å²) in [6.07, 6.45) is 62.5. The van der Waals surface area contributed by atoms with Crippen molar-refractivity contribution in [3.8, 4) is 0 Å². The fraction of sp³-hybridized carbons (Fsp3) is 0.914. The second kappa shape index (κ2) is 49.9. The summed E-state index contributed by atoms with van der Waals surface area (Å²) >= 11 is 0. The van der Waals surface area contributed by atoms with Crippen LogP contribution in [0, 0.1) is 0 Å². The van der Waals surface area contributed by atoms with E-state index in [-0.39, 0.29) is 19.1 Å². The van der Waals surface area contributed by atoms with Crippen LogP contribution in [0.4, 0.5) is 0 Å². The molecule has 398 valence electrons. The molecule has 0 aliphatic rings. The fourth-order valence-corrected chi connectivity index (χ4v) is 9.52. The summed E-state index contributed by atoms with van der Waals surface area (Å²) in [5.41, 5.74) is 0. The summed E-state index contributed by atoms with van der Waals surface area (Å²) in [7, 11) is 1.27. The van der Waals surface area contributed by atoms with Crippen LogP contribution in [-0.2, 0) is 18.4 Å². The zero-order chi connectivity index (χ0) is 49.2. The fourth-order valence-electron chi connectivity index (χ4n) is 8.80. The monoisotopic (exact) mass is 967 g/mol. The molecule has 8 nitrogen and oxygen atoms in total. The summed E-state index contributed by atoms with van der Waals surface area (Å²) in [6.45, 7) is 4.69. The van der Waals surface area contributed by atoms with E-state index in [9.17, 15) is 19.4 Å². The largest absolute Gasteiger partial charge is 0.756 e. The van der Waals surface area contributed by atoms with Crippen molar-refractivity contribution in [3.63, 3.8) is 0 Å². The Hall–Kier alpha value is -1.02. The molecule has 0 aliphatic heterocycles. The Morgan fingerprint density at radius 1 is 0.507 bits per heavy atom. The lowest BCUT2D eigenvalue weighted by atomic mass is 10.0. The number of aliphatic hydroxyl groups is 1. The third-order valence-corrected chi connectivity index (χ3v) is 14.4. The molecule has 0 fully saturated rings. The topological polar surface area (TPSA) is 108 Å². The van der Waals surface area contributed by atoms with Gasteiger partial charge in [-0.3, -0.25) is 9.36 Å². The van der Waals surface area contributed by atoms with Crippen molar-refractivity contribution in [2.45, 2.75) is 302 Å². The van der Waals surface area contributed by atoms with Gasteiger partial charge in [-0.15, -0.1) is 0 Å². The number of carbonyl (C=O) groups is 1. The van der Waals surface area contributed by atoms with Gasteiger partial charge >= 0.3 is 0 Å². The molecule has 0 aliphatic carbocycles. The lowest BCUT2D eigenvalue weighted by molar-refractivity contribution is -0.870. The number of nitrogens with one attached hydrogen (secondary N) is 1. The Bertz CT molecular complexity index is 1140. The maximum atomic E-state index is 13.0. The number of rotatable bonds is 54. The van der Waals surface area contributed by atoms with Crippen molar-refractivity contribution < 1.29 is 32.9 Å². The zero-order valence-electron chi connectivity index (χ0n) is 45.4. The van der Waals surface area contributed by atoms with Gasteiger partial charge in [-0.05, 0) is 44.9 Å². The van der Waals surface area contributed by atoms with Gasteiger partial charge in [-0.25, -0.2) is 0 Å². The molecule has 0 saturated heterocycles. The van der Waals surface area contributed by atoms with Gasteiger partial charge in [0.25, 0.3) is 7.82 Å². The Balaban J connectivity index is 4.19. The molecular weight excluding hydrogens is 852 g/mol. The highest BCUT2D eigenvalue weighted by Crippen LogP contribution is 2.38. The minimum atomic E-state index is -4.60. The SMILES string of the molecule is CCCCCCCCCCCCCC/C=C\CCCCCCCCCCCC(=O)NC(COP(=O)([O-])OCC[N+](C)(C)C)C(O)/C=C/CCCCCCCCCCCCCCCCCCCC. The molecular formula is C58H115N2O6P. The smallest absolute Gasteiger partial charge is 0.268 e. The van der Waals surface area contributed by atoms with Crippen LogP contribution in [0.3, 0.4) is 0 Å². The Labute approximate surface area is 417 Å². The molecule has 1 amide bonds. The number of nitrogens with zero attached hydrogens (tertiary/aromatic N) is 1. The van der Waals surface area contributed by atoms with E-state index in [1.54, 1.807) is 6.08 Å². The molecule has 9 heteroatoms. The number of carbonyl (C=O) groups excluding carboxylic acids is 1. The number of hydrogen-bond donors (Lipinski definition) is 2. The number of quaternary nitrogens is 1. The zero-order valence-corrected chi connectivity index (χ0v) is 46.3. The quantitative estimate of drug-likeness (QED) is 0.0272. The molecule has 0 saturated carbocycles. The van der Waals surface area contributed by atoms with Crippen molar-refractivity contribution >= 4 is 13.7 Å². The molecule has 0 bridgehead atoms. The summed E-state index contributed by atoms with van der Waals surface area (Å²) in [6, 6.07) is -0.886. The molecule has 0 aromatic heterocycles. The molecule has 67 heavy (non-hydrogen) atoms. The molecule has 0 heterocycles. The second-order valence-electron chi connectivity index (χ2n) is 21.4. The maximum Gasteiger partial charge on any atom is 0.268 e. The predicted molar refractivity (Wildman–Crippen MR) is 289 cm³/mol. The molecule has 2 N–H and O–H groups in total. The molecule has 0 rings (SSSR count). The standard InChI is InChI=1S/C58H115N2O6P/c1-6-8-10-12-14-16-18-20-22-24-26-28-29-30-31-32-34-36-38-40-42-44-46-48-50-52-58(62)59-56(55-66-67(63,64)65-54-53-60(3,4)5)57(61)51-49-47-45-43-41-39-37-35-33-27-25-23-21-19-17-15-13-11-9-7-2/h30-31,49,51,56-57,61H,6-29,32-48,50,52-55H2,1-5H3,(H-,59,62,63,64)/b31-30-,51-49+. The number of phosphoric ester groups is 1. The highest BCUT2D eigenvalue weighted by Gasteiger charge is 2.23. The normalized spacial score (nSPS) is 14.1. The number of hydrogen-bond acceptors (Lipinski definition) is 6. The molecule has 0 aromatic rings. The minimum Gasteiger partial charge on any atom is -0.756 e. The summed E-state index contributed by atoms with van der Waals surface area (Å²) < 4.78 is 23.4. The molecule has 0 spiro atoms. The second-order valence-corrected chi connectivity index (χ2v) is 22.8.